The summed E-state index contributed by atoms with van der Waals surface area (Å²) in [6.07, 6.45) is 3.55. The zero-order chi connectivity index (χ0) is 15.5. The van der Waals surface area contributed by atoms with Gasteiger partial charge in [-0.05, 0) is 23.8 Å². The fourth-order valence-corrected chi connectivity index (χ4v) is 2.29. The fraction of sp³-hybridized carbons (Fsp3) is 0.267. The highest BCUT2D eigenvalue weighted by Gasteiger charge is 2.18. The second kappa shape index (κ2) is 6.08. The number of rotatable bonds is 4. The molecule has 0 radical (unpaired) electrons. The first kappa shape index (κ1) is 14.4. The monoisotopic (exact) mass is 302 g/mol. The summed E-state index contributed by atoms with van der Waals surface area (Å²) in [4.78, 5) is 27.0. The van der Waals surface area contributed by atoms with Gasteiger partial charge in [-0.1, -0.05) is 0 Å². The third kappa shape index (κ3) is 3.05. The number of aliphatic carboxylic acids is 1. The summed E-state index contributed by atoms with van der Waals surface area (Å²) in [6, 6.07) is 4.80. The van der Waals surface area contributed by atoms with Gasteiger partial charge in [0.15, 0.2) is 6.29 Å². The smallest absolute Gasteiger partial charge is 0.328 e. The van der Waals surface area contributed by atoms with Gasteiger partial charge in [0.1, 0.15) is 0 Å². The largest absolute Gasteiger partial charge is 0.478 e. The Morgan fingerprint density at radius 3 is 2.91 bits per heavy atom. The van der Waals surface area contributed by atoms with Gasteiger partial charge < -0.3 is 19.1 Å². The van der Waals surface area contributed by atoms with Crippen LogP contribution in [0.3, 0.4) is 0 Å². The summed E-state index contributed by atoms with van der Waals surface area (Å²) >= 11 is 0. The molecule has 3 rings (SSSR count). The van der Waals surface area contributed by atoms with E-state index in [0.717, 1.165) is 6.08 Å². The molecular weight excluding hydrogens is 288 g/mol. The van der Waals surface area contributed by atoms with Crippen molar-refractivity contribution in [2.24, 2.45) is 0 Å². The Bertz CT molecular complexity index is 790. The van der Waals surface area contributed by atoms with Gasteiger partial charge in [-0.2, -0.15) is 0 Å². The summed E-state index contributed by atoms with van der Waals surface area (Å²) in [5.74, 6) is -1.04. The van der Waals surface area contributed by atoms with Crippen LogP contribution >= 0.6 is 0 Å². The minimum absolute atomic E-state index is 0.187. The lowest BCUT2D eigenvalue weighted by atomic mass is 10.2. The first-order valence-corrected chi connectivity index (χ1v) is 6.77. The second-order valence-electron chi connectivity index (χ2n) is 4.80. The topological polar surface area (TPSA) is 90.7 Å². The van der Waals surface area contributed by atoms with Crippen LogP contribution in [0.4, 0.5) is 0 Å². The lowest BCUT2D eigenvalue weighted by molar-refractivity contribution is -0.131. The molecule has 0 saturated carbocycles. The lowest BCUT2D eigenvalue weighted by Crippen LogP contribution is -2.27. The third-order valence-corrected chi connectivity index (χ3v) is 3.30. The molecule has 0 spiro atoms. The van der Waals surface area contributed by atoms with Crippen molar-refractivity contribution in [1.82, 2.24) is 9.55 Å². The predicted molar refractivity (Wildman–Crippen MR) is 78.4 cm³/mol. The molecule has 0 unspecified atom stereocenters. The van der Waals surface area contributed by atoms with Gasteiger partial charge in [0.25, 0.3) is 5.56 Å². The van der Waals surface area contributed by atoms with Crippen molar-refractivity contribution in [2.45, 2.75) is 12.8 Å². The number of fused-ring (bicyclic) bond motifs is 1. The van der Waals surface area contributed by atoms with E-state index in [-0.39, 0.29) is 12.1 Å². The molecule has 0 amide bonds. The van der Waals surface area contributed by atoms with Crippen molar-refractivity contribution >= 4 is 23.1 Å². The number of carboxylic acid groups (broad SMARTS) is 1. The van der Waals surface area contributed by atoms with Gasteiger partial charge in [-0.15, -0.1) is 0 Å². The molecule has 1 aliphatic rings. The van der Waals surface area contributed by atoms with Crippen molar-refractivity contribution in [1.29, 1.82) is 0 Å². The Labute approximate surface area is 125 Å². The van der Waals surface area contributed by atoms with Crippen LogP contribution in [0.1, 0.15) is 5.56 Å². The first-order chi connectivity index (χ1) is 10.6. The number of carbonyl (C=O) groups is 1. The van der Waals surface area contributed by atoms with Crippen LogP contribution in [0.5, 0.6) is 0 Å². The number of nitrogens with zero attached hydrogens (tertiary/aromatic N) is 2. The van der Waals surface area contributed by atoms with E-state index in [2.05, 4.69) is 4.98 Å². The van der Waals surface area contributed by atoms with E-state index in [1.54, 1.807) is 18.3 Å². The molecule has 1 fully saturated rings. The normalized spacial score (nSPS) is 15.8. The van der Waals surface area contributed by atoms with E-state index < -0.39 is 12.3 Å². The second-order valence-corrected chi connectivity index (χ2v) is 4.80. The Kier molecular flexibility index (Phi) is 3.99. The molecule has 0 atom stereocenters. The molecule has 0 aliphatic carbocycles. The Hall–Kier alpha value is -2.51. The van der Waals surface area contributed by atoms with Crippen molar-refractivity contribution in [3.8, 4) is 0 Å². The molecule has 0 aromatic carbocycles. The minimum atomic E-state index is -1.04. The molecule has 114 valence electrons. The van der Waals surface area contributed by atoms with Crippen molar-refractivity contribution in [2.75, 3.05) is 13.2 Å². The Morgan fingerprint density at radius 1 is 1.41 bits per heavy atom. The van der Waals surface area contributed by atoms with Crippen LogP contribution in [0.15, 0.2) is 35.3 Å². The first-order valence-electron chi connectivity index (χ1n) is 6.77. The van der Waals surface area contributed by atoms with E-state index in [4.69, 9.17) is 14.6 Å². The van der Waals surface area contributed by atoms with Gasteiger partial charge >= 0.3 is 5.97 Å². The number of hydrogen-bond donors (Lipinski definition) is 1. The molecule has 1 aliphatic heterocycles. The summed E-state index contributed by atoms with van der Waals surface area (Å²) < 4.78 is 12.3. The number of aromatic nitrogens is 2. The van der Waals surface area contributed by atoms with Crippen molar-refractivity contribution < 1.29 is 19.4 Å². The molecule has 0 bridgehead atoms. The van der Waals surface area contributed by atoms with E-state index in [0.29, 0.717) is 29.8 Å². The molecule has 22 heavy (non-hydrogen) atoms. The van der Waals surface area contributed by atoms with Gasteiger partial charge in [0, 0.05) is 18.3 Å². The minimum Gasteiger partial charge on any atom is -0.478 e. The molecule has 1 N–H and O–H groups in total. The molecule has 2 aromatic rings. The van der Waals surface area contributed by atoms with Gasteiger partial charge in [0.05, 0.1) is 30.8 Å². The van der Waals surface area contributed by atoms with E-state index >= 15 is 0 Å². The molecule has 3 heterocycles. The van der Waals surface area contributed by atoms with Gasteiger partial charge in [-0.3, -0.25) is 9.78 Å². The quantitative estimate of drug-likeness (QED) is 0.843. The average molecular weight is 302 g/mol. The fourth-order valence-electron chi connectivity index (χ4n) is 2.29. The van der Waals surface area contributed by atoms with Crippen LogP contribution in [-0.4, -0.2) is 40.1 Å². The van der Waals surface area contributed by atoms with Crippen LogP contribution in [0.2, 0.25) is 0 Å². The number of ether oxygens (including phenoxy) is 2. The van der Waals surface area contributed by atoms with Gasteiger partial charge in [-0.25, -0.2) is 4.79 Å². The van der Waals surface area contributed by atoms with Crippen LogP contribution in [0.25, 0.3) is 17.1 Å². The molecule has 7 heteroatoms. The molecule has 2 aromatic heterocycles. The summed E-state index contributed by atoms with van der Waals surface area (Å²) in [7, 11) is 0. The Balaban J connectivity index is 2.04. The molecule has 1 saturated heterocycles. The lowest BCUT2D eigenvalue weighted by Gasteiger charge is -2.14. The van der Waals surface area contributed by atoms with E-state index in [1.165, 1.54) is 16.7 Å². The maximum atomic E-state index is 12.1. The Morgan fingerprint density at radius 2 is 2.18 bits per heavy atom. The maximum Gasteiger partial charge on any atom is 0.328 e. The van der Waals surface area contributed by atoms with Crippen LogP contribution in [-0.2, 0) is 20.8 Å². The number of hydrogen-bond acceptors (Lipinski definition) is 5. The van der Waals surface area contributed by atoms with Crippen molar-refractivity contribution in [3.05, 3.63) is 46.4 Å². The van der Waals surface area contributed by atoms with E-state index in [9.17, 15) is 9.59 Å². The number of pyridine rings is 2. The van der Waals surface area contributed by atoms with Crippen molar-refractivity contribution in [3.63, 3.8) is 0 Å². The maximum absolute atomic E-state index is 12.1. The highest BCUT2D eigenvalue weighted by atomic mass is 16.7. The summed E-state index contributed by atoms with van der Waals surface area (Å²) in [5, 5.41) is 8.68. The van der Waals surface area contributed by atoms with Gasteiger partial charge in [0.2, 0.25) is 0 Å². The zero-order valence-electron chi connectivity index (χ0n) is 11.6. The zero-order valence-corrected chi connectivity index (χ0v) is 11.6. The van der Waals surface area contributed by atoms with Crippen LogP contribution < -0.4 is 5.56 Å². The molecule has 7 nitrogen and oxygen atoms in total. The third-order valence-electron chi connectivity index (χ3n) is 3.30. The standard InChI is InChI=1S/C15H14N2O5/c18-13-3-2-11-12(17(13)9-15-21-5-6-22-15)7-10(8-16-11)1-4-14(19)20/h1-4,7-8,15H,5-6,9H2,(H,19,20)/b4-1+. The summed E-state index contributed by atoms with van der Waals surface area (Å²) in [6.45, 7) is 1.29. The SMILES string of the molecule is O=C(O)/C=C/c1cnc2ccc(=O)n(CC3OCCO3)c2c1. The summed E-state index contributed by atoms with van der Waals surface area (Å²) in [5.41, 5.74) is 1.67. The molecular formula is C15H14N2O5. The predicted octanol–water partition coefficient (Wildman–Crippen LogP) is 0.867. The highest BCUT2D eigenvalue weighted by Crippen LogP contribution is 2.15. The van der Waals surface area contributed by atoms with E-state index in [1.807, 2.05) is 0 Å². The number of carboxylic acids is 1. The highest BCUT2D eigenvalue weighted by molar-refractivity contribution is 5.86. The van der Waals surface area contributed by atoms with Crippen LogP contribution in [0, 0.1) is 0 Å². The average Bonchev–Trinajstić information content (AvgIpc) is 3.01.